The summed E-state index contributed by atoms with van der Waals surface area (Å²) in [5.41, 5.74) is 19.3. The van der Waals surface area contributed by atoms with E-state index >= 15 is 0 Å². The lowest BCUT2D eigenvalue weighted by Gasteiger charge is -2.62. The summed E-state index contributed by atoms with van der Waals surface area (Å²) in [5, 5.41) is 76.6. The van der Waals surface area contributed by atoms with Crippen molar-refractivity contribution in [1.29, 1.82) is 0 Å². The van der Waals surface area contributed by atoms with E-state index in [1.807, 2.05) is 91.0 Å². The van der Waals surface area contributed by atoms with Crippen LogP contribution in [-0.4, -0.2) is 168 Å². The molecule has 9 saturated carbocycles. The fraction of sp³-hybridized carbons (Fsp3) is 0.593. The van der Waals surface area contributed by atoms with Gasteiger partial charge in [0.1, 0.15) is 36.4 Å². The quantitative estimate of drug-likeness (QED) is 0.0288. The van der Waals surface area contributed by atoms with Gasteiger partial charge in [-0.05, 0) is 239 Å². The zero-order valence-electron chi connectivity index (χ0n) is 65.2. The molecule has 5 aromatic carbocycles. The Morgan fingerprint density at radius 2 is 0.725 bits per heavy atom. The molecule has 5 aromatic rings. The van der Waals surface area contributed by atoms with Crippen LogP contribution in [0.5, 0.6) is 0 Å². The molecule has 13 N–H and O–H groups in total. The first-order valence-corrected chi connectivity index (χ1v) is 40.5. The zero-order chi connectivity index (χ0) is 78.6. The Kier molecular flexibility index (Phi) is 25.2. The molecule has 0 radical (unpaired) electrons. The van der Waals surface area contributed by atoms with E-state index in [-0.39, 0.29) is 55.7 Å². The van der Waals surface area contributed by atoms with Gasteiger partial charge in [-0.1, -0.05) is 135 Å². The van der Waals surface area contributed by atoms with Gasteiger partial charge in [-0.25, -0.2) is 0 Å². The molecule has 12 aliphatic rings. The number of carbonyl (C=O) groups excluding carboxylic acids is 5. The molecule has 0 aromatic heterocycles. The summed E-state index contributed by atoms with van der Waals surface area (Å²) < 4.78 is 1.11. The number of nitrogens with zero attached hydrogens (tertiary/aromatic N) is 3. The van der Waals surface area contributed by atoms with Crippen LogP contribution in [0.4, 0.5) is 0 Å². The lowest BCUT2D eigenvalue weighted by Crippen LogP contribution is -2.62. The first-order chi connectivity index (χ1) is 51.6. The molecule has 0 spiro atoms. The van der Waals surface area contributed by atoms with Crippen molar-refractivity contribution in [1.82, 2.24) is 31.1 Å². The Labute approximate surface area is 656 Å². The first kappa shape index (κ1) is 82.2. The Hall–Kier alpha value is -6.30. The van der Waals surface area contributed by atoms with Gasteiger partial charge in [-0.15, -0.1) is 0 Å². The second kappa shape index (κ2) is 33.4. The molecule has 22 nitrogen and oxygen atoms in total. The minimum absolute atomic E-state index is 0.0886. The number of aliphatic hydroxyl groups excluding tert-OH is 6. The Balaban J connectivity index is 0.000000154. The lowest BCUT2D eigenvalue weighted by atomic mass is 9.45. The fourth-order valence-corrected chi connectivity index (χ4v) is 21.6. The predicted molar refractivity (Wildman–Crippen MR) is 423 cm³/mol. The van der Waals surface area contributed by atoms with Gasteiger partial charge in [0.25, 0.3) is 0 Å². The van der Waals surface area contributed by atoms with Crippen molar-refractivity contribution in [3.8, 4) is 22.3 Å². The van der Waals surface area contributed by atoms with E-state index in [0.717, 1.165) is 61.8 Å². The van der Waals surface area contributed by atoms with Gasteiger partial charge in [0, 0.05) is 50.6 Å². The number of hydrogen-bond donors (Lipinski definition) is 11. The number of fused-ring (bicyclic) bond motifs is 6. The van der Waals surface area contributed by atoms with Crippen molar-refractivity contribution in [3.63, 3.8) is 0 Å². The highest BCUT2D eigenvalue weighted by Crippen LogP contribution is 2.63. The number of primary amides is 2. The average molecular weight is 1610 g/mol. The smallest absolute Gasteiger partial charge is 0.248 e. The predicted octanol–water partition coefficient (Wildman–Crippen LogP) is 9.18. The summed E-state index contributed by atoms with van der Waals surface area (Å²) in [6, 6.07) is 36.2. The number of halogens is 1. The standard InChI is InChI=1S/2C31H41N3O5.C24H35IN2O4/c2*1-17-24-13-23(31(24,3)4)14-25(17)33-30(38)28-27(18(2)36)26(16-35)39-34(28)15-19-6-5-7-22(12-19)20-8-10-21(11-9-20)29(32)37;1-13-18-9-16(24(18,3)4)10-19(13)26-23(30)22-21(14(2)29)20(12-28)31-27(22)11-15-6-5-7-17(25)8-15/h2*5-12,17-18,23-28,35-36H,13-16H2,1-4H3,(H2,32,37)(H,33,38);5-8,13-14,16,18-22,28-29H,9-12H2,1-4H3,(H,26,30)/t2*17-,18-,23+,24-,25-,26-,27+,28-;13-,14-,16+,18-,19-,20-,21+,22-/m000/s1. The highest BCUT2D eigenvalue weighted by atomic mass is 127. The number of carbonyl (C=O) groups is 5. The Morgan fingerprint density at radius 1 is 0.440 bits per heavy atom. The van der Waals surface area contributed by atoms with E-state index in [1.165, 1.54) is 19.3 Å². The van der Waals surface area contributed by atoms with Crippen molar-refractivity contribution < 1.29 is 69.1 Å². The summed E-state index contributed by atoms with van der Waals surface area (Å²) >= 11 is 2.27. The number of amides is 5. The molecule has 3 saturated heterocycles. The maximum Gasteiger partial charge on any atom is 0.248 e. The maximum absolute atomic E-state index is 13.8. The molecule has 3 aliphatic heterocycles. The van der Waals surface area contributed by atoms with Crippen molar-refractivity contribution in [2.45, 2.75) is 214 Å². The summed E-state index contributed by atoms with van der Waals surface area (Å²) in [4.78, 5) is 82.3. The molecule has 9 aliphatic carbocycles. The Bertz CT molecular complexity index is 3860. The molecule has 6 bridgehead atoms. The number of hydroxylamine groups is 6. The van der Waals surface area contributed by atoms with Crippen molar-refractivity contribution in [2.75, 3.05) is 19.8 Å². The number of nitrogens with one attached hydrogen (secondary N) is 3. The molecule has 592 valence electrons. The van der Waals surface area contributed by atoms with Crippen LogP contribution in [0.3, 0.4) is 0 Å². The van der Waals surface area contributed by atoms with Gasteiger partial charge in [0.15, 0.2) is 0 Å². The monoisotopic (exact) mass is 1610 g/mol. The number of nitrogens with two attached hydrogens (primary N) is 2. The van der Waals surface area contributed by atoms with Crippen LogP contribution in [0.1, 0.15) is 159 Å². The van der Waals surface area contributed by atoms with E-state index in [0.29, 0.717) is 100 Å². The van der Waals surface area contributed by atoms with E-state index in [4.69, 9.17) is 26.0 Å². The third-order valence-corrected chi connectivity index (χ3v) is 28.6. The number of hydrogen-bond acceptors (Lipinski definition) is 17. The lowest BCUT2D eigenvalue weighted by molar-refractivity contribution is -0.183. The molecular formula is C86H117IN8O14. The second-order valence-electron chi connectivity index (χ2n) is 35.1. The molecule has 5 amide bonds. The first-order valence-electron chi connectivity index (χ1n) is 39.5. The van der Waals surface area contributed by atoms with E-state index < -0.39 is 84.3 Å². The minimum Gasteiger partial charge on any atom is -0.394 e. The summed E-state index contributed by atoms with van der Waals surface area (Å²) in [7, 11) is 0. The van der Waals surface area contributed by atoms with Crippen molar-refractivity contribution in [2.24, 2.45) is 98.7 Å². The number of rotatable bonds is 22. The average Bonchev–Trinajstić information content (AvgIpc) is 1.28. The maximum atomic E-state index is 13.8. The highest BCUT2D eigenvalue weighted by molar-refractivity contribution is 14.1. The Morgan fingerprint density at radius 3 is 0.972 bits per heavy atom. The molecule has 24 atom stereocenters. The molecule has 109 heavy (non-hydrogen) atoms. The zero-order valence-corrected chi connectivity index (χ0v) is 67.4. The van der Waals surface area contributed by atoms with Crippen LogP contribution in [0.15, 0.2) is 121 Å². The van der Waals surface area contributed by atoms with E-state index in [1.54, 1.807) is 60.2 Å². The van der Waals surface area contributed by atoms with Gasteiger partial charge in [0.05, 0.1) is 57.8 Å². The molecule has 23 heteroatoms. The SMILES string of the molecule is C[C@@H]1[C@@H](NC(=O)[C@@H]2[C@H]([C@H](C)O)[C@H](CO)ON2Cc2cccc(-c3ccc(C(N)=O)cc3)c2)C[C@H]2C[C@@H]1C2(C)C.C[C@@H]1[C@@H](NC(=O)[C@@H]2[C@H]([C@H](C)O)[C@H](CO)ON2Cc2cccc(-c3ccc(C(N)=O)cc3)c2)C[C@H]2C[C@@H]1C2(C)C.C[C@@H]1[C@@H](NC(=O)[C@@H]2[C@H]([C@H](C)O)[C@H](CO)ON2Cc2cccc(I)c2)C[C@H]2C[C@@H]1C2(C)C. The van der Waals surface area contributed by atoms with Crippen LogP contribution in [0, 0.1) is 90.8 Å². The van der Waals surface area contributed by atoms with Crippen LogP contribution in [-0.2, 0) is 48.5 Å². The minimum atomic E-state index is -0.839. The van der Waals surface area contributed by atoms with Crippen molar-refractivity contribution in [3.05, 3.63) is 153 Å². The number of benzene rings is 5. The third-order valence-electron chi connectivity index (χ3n) is 28.0. The van der Waals surface area contributed by atoms with Gasteiger partial charge in [-0.2, -0.15) is 15.2 Å². The molecule has 3 heterocycles. The topological polar surface area (TPSA) is 332 Å². The molecule has 12 fully saturated rings. The van der Waals surface area contributed by atoms with E-state index in [9.17, 15) is 54.6 Å². The van der Waals surface area contributed by atoms with Crippen LogP contribution < -0.4 is 27.4 Å². The van der Waals surface area contributed by atoms with Gasteiger partial charge in [-0.3, -0.25) is 38.5 Å². The molecular weight excluding hydrogens is 1500 g/mol. The second-order valence-corrected chi connectivity index (χ2v) is 36.4. The number of aliphatic hydroxyl groups is 6. The van der Waals surface area contributed by atoms with Gasteiger partial charge < -0.3 is 58.1 Å². The normalized spacial score (nSPS) is 33.9. The summed E-state index contributed by atoms with van der Waals surface area (Å²) in [6.07, 6.45) is 2.23. The molecule has 17 rings (SSSR count). The van der Waals surface area contributed by atoms with Crippen LogP contribution in [0.2, 0.25) is 0 Å². The summed E-state index contributed by atoms with van der Waals surface area (Å²) in [5.74, 6) is 1.87. The van der Waals surface area contributed by atoms with Gasteiger partial charge in [0.2, 0.25) is 29.5 Å². The third kappa shape index (κ3) is 16.7. The van der Waals surface area contributed by atoms with Gasteiger partial charge >= 0.3 is 0 Å². The largest absolute Gasteiger partial charge is 0.394 e. The van der Waals surface area contributed by atoms with Crippen LogP contribution in [0.25, 0.3) is 22.3 Å². The fourth-order valence-electron chi connectivity index (χ4n) is 21.0. The van der Waals surface area contributed by atoms with E-state index in [2.05, 4.69) is 107 Å². The highest BCUT2D eigenvalue weighted by Gasteiger charge is 2.61. The summed E-state index contributed by atoms with van der Waals surface area (Å²) in [6.45, 7) is 26.0. The molecule has 0 unspecified atom stereocenters. The van der Waals surface area contributed by atoms with Crippen molar-refractivity contribution >= 4 is 52.1 Å². The van der Waals surface area contributed by atoms with Crippen LogP contribution >= 0.6 is 22.6 Å².